The fraction of sp³-hybridized carbons (Fsp3) is 0.167. The number of carbonyl (C=O) groups excluding carboxylic acids is 2. The highest BCUT2D eigenvalue weighted by molar-refractivity contribution is 6.04. The van der Waals surface area contributed by atoms with Crippen molar-refractivity contribution in [3.05, 3.63) is 95.8 Å². The molecule has 0 fully saturated rings. The molecule has 0 saturated carbocycles. The normalized spacial score (nSPS) is 10.9. The predicted molar refractivity (Wildman–Crippen MR) is 122 cm³/mol. The third-order valence-corrected chi connectivity index (χ3v) is 5.00. The Labute approximate surface area is 190 Å². The molecule has 0 aliphatic rings. The maximum Gasteiger partial charge on any atom is 0.255 e. The molecule has 168 valence electrons. The first-order chi connectivity index (χ1) is 15.9. The highest BCUT2D eigenvalue weighted by Crippen LogP contribution is 2.15. The van der Waals surface area contributed by atoms with Gasteiger partial charge in [0.05, 0.1) is 29.3 Å². The Hall–Kier alpha value is -4.27. The SMILES string of the molecule is CC(C)n1cc(NC(=O)c2cccc(-n3cc(C(=O)NCc4ccccc4F)cn3)c2)cn1. The molecule has 8 nitrogen and oxygen atoms in total. The molecule has 0 atom stereocenters. The zero-order valence-electron chi connectivity index (χ0n) is 18.2. The van der Waals surface area contributed by atoms with Gasteiger partial charge >= 0.3 is 0 Å². The number of carbonyl (C=O) groups is 2. The molecule has 0 spiro atoms. The second-order valence-corrected chi connectivity index (χ2v) is 7.75. The number of rotatable bonds is 7. The number of hydrogen-bond donors (Lipinski definition) is 2. The predicted octanol–water partition coefficient (Wildman–Crippen LogP) is 3.97. The van der Waals surface area contributed by atoms with Gasteiger partial charge in [-0.1, -0.05) is 24.3 Å². The molecule has 0 bridgehead atoms. The van der Waals surface area contributed by atoms with E-state index in [-0.39, 0.29) is 30.2 Å². The van der Waals surface area contributed by atoms with Crippen molar-refractivity contribution in [2.45, 2.75) is 26.4 Å². The summed E-state index contributed by atoms with van der Waals surface area (Å²) in [5.41, 5.74) is 2.38. The molecule has 4 aromatic rings. The van der Waals surface area contributed by atoms with Crippen molar-refractivity contribution >= 4 is 17.5 Å². The van der Waals surface area contributed by atoms with Gasteiger partial charge in [-0.15, -0.1) is 0 Å². The molecule has 33 heavy (non-hydrogen) atoms. The van der Waals surface area contributed by atoms with Crippen LogP contribution in [-0.4, -0.2) is 31.4 Å². The summed E-state index contributed by atoms with van der Waals surface area (Å²) in [5, 5.41) is 13.9. The molecule has 2 amide bonds. The van der Waals surface area contributed by atoms with Crippen molar-refractivity contribution in [2.24, 2.45) is 0 Å². The van der Waals surface area contributed by atoms with Crippen molar-refractivity contribution in [1.82, 2.24) is 24.9 Å². The lowest BCUT2D eigenvalue weighted by Gasteiger charge is -2.07. The molecule has 0 unspecified atom stereocenters. The average Bonchev–Trinajstić information content (AvgIpc) is 3.49. The highest BCUT2D eigenvalue weighted by Gasteiger charge is 2.13. The van der Waals surface area contributed by atoms with Gasteiger partial charge in [0, 0.05) is 36.1 Å². The molecule has 0 aliphatic heterocycles. The molecule has 0 saturated heterocycles. The standard InChI is InChI=1S/C24H23FN6O2/c1-16(2)30-15-20(13-28-30)29-24(33)17-7-5-8-21(10-17)31-14-19(12-27-31)23(32)26-11-18-6-3-4-9-22(18)25/h3-10,12-16H,11H2,1-2H3,(H,26,32)(H,29,33). The number of amides is 2. The molecule has 0 aliphatic carbocycles. The Morgan fingerprint density at radius 3 is 2.55 bits per heavy atom. The lowest BCUT2D eigenvalue weighted by atomic mass is 10.2. The van der Waals surface area contributed by atoms with Crippen LogP contribution in [0.15, 0.2) is 73.3 Å². The summed E-state index contributed by atoms with van der Waals surface area (Å²) in [4.78, 5) is 25.1. The number of aromatic nitrogens is 4. The molecule has 9 heteroatoms. The van der Waals surface area contributed by atoms with Crippen LogP contribution < -0.4 is 10.6 Å². The first-order valence-corrected chi connectivity index (χ1v) is 10.4. The van der Waals surface area contributed by atoms with E-state index in [1.165, 1.54) is 16.9 Å². The third kappa shape index (κ3) is 5.15. The van der Waals surface area contributed by atoms with Gasteiger partial charge in [0.1, 0.15) is 5.82 Å². The molecule has 2 heterocycles. The molecule has 4 rings (SSSR count). The van der Waals surface area contributed by atoms with Gasteiger partial charge in [0.25, 0.3) is 11.8 Å². The van der Waals surface area contributed by atoms with Crippen LogP contribution in [0.3, 0.4) is 0 Å². The summed E-state index contributed by atoms with van der Waals surface area (Å²) in [6, 6.07) is 13.3. The first-order valence-electron chi connectivity index (χ1n) is 10.4. The largest absolute Gasteiger partial charge is 0.348 e. The second kappa shape index (κ2) is 9.47. The van der Waals surface area contributed by atoms with Gasteiger partial charge in [-0.2, -0.15) is 10.2 Å². The average molecular weight is 446 g/mol. The minimum Gasteiger partial charge on any atom is -0.348 e. The van der Waals surface area contributed by atoms with Crippen LogP contribution in [0, 0.1) is 5.82 Å². The minimum absolute atomic E-state index is 0.0692. The minimum atomic E-state index is -0.375. The Bertz CT molecular complexity index is 1290. The zero-order chi connectivity index (χ0) is 23.4. The Kier molecular flexibility index (Phi) is 6.30. The van der Waals surface area contributed by atoms with E-state index in [0.717, 1.165) is 0 Å². The fourth-order valence-corrected chi connectivity index (χ4v) is 3.18. The van der Waals surface area contributed by atoms with Crippen LogP contribution in [0.25, 0.3) is 5.69 Å². The first kappa shape index (κ1) is 21.9. The molecule has 2 aromatic heterocycles. The molecule has 0 radical (unpaired) electrons. The molecule has 2 aromatic carbocycles. The van der Waals surface area contributed by atoms with Crippen LogP contribution in [0.2, 0.25) is 0 Å². The van der Waals surface area contributed by atoms with E-state index in [0.29, 0.717) is 28.1 Å². The fourth-order valence-electron chi connectivity index (χ4n) is 3.18. The summed E-state index contributed by atoms with van der Waals surface area (Å²) >= 11 is 0. The second-order valence-electron chi connectivity index (χ2n) is 7.75. The number of anilines is 1. The number of hydrogen-bond acceptors (Lipinski definition) is 4. The highest BCUT2D eigenvalue weighted by atomic mass is 19.1. The molecular weight excluding hydrogens is 423 g/mol. The Morgan fingerprint density at radius 1 is 0.970 bits per heavy atom. The van der Waals surface area contributed by atoms with Gasteiger partial charge in [-0.25, -0.2) is 9.07 Å². The van der Waals surface area contributed by atoms with Crippen LogP contribution in [0.5, 0.6) is 0 Å². The summed E-state index contributed by atoms with van der Waals surface area (Å²) in [6.07, 6.45) is 6.34. The van der Waals surface area contributed by atoms with Crippen LogP contribution in [-0.2, 0) is 6.54 Å². The number of nitrogens with one attached hydrogen (secondary N) is 2. The third-order valence-electron chi connectivity index (χ3n) is 5.00. The summed E-state index contributed by atoms with van der Waals surface area (Å²) in [5.74, 6) is -1.03. The zero-order valence-corrected chi connectivity index (χ0v) is 18.2. The van der Waals surface area contributed by atoms with Crippen molar-refractivity contribution in [1.29, 1.82) is 0 Å². The van der Waals surface area contributed by atoms with Crippen LogP contribution >= 0.6 is 0 Å². The van der Waals surface area contributed by atoms with E-state index < -0.39 is 0 Å². The quantitative estimate of drug-likeness (QED) is 0.449. The maximum atomic E-state index is 13.7. The summed E-state index contributed by atoms with van der Waals surface area (Å²) in [7, 11) is 0. The Balaban J connectivity index is 1.43. The topological polar surface area (TPSA) is 93.8 Å². The monoisotopic (exact) mass is 446 g/mol. The van der Waals surface area contributed by atoms with Crippen LogP contribution in [0.4, 0.5) is 10.1 Å². The Morgan fingerprint density at radius 2 is 1.79 bits per heavy atom. The molecule has 2 N–H and O–H groups in total. The van der Waals surface area contributed by atoms with Gasteiger partial charge in [-0.3, -0.25) is 14.3 Å². The smallest absolute Gasteiger partial charge is 0.255 e. The van der Waals surface area contributed by atoms with Gasteiger partial charge in [0.15, 0.2) is 0 Å². The van der Waals surface area contributed by atoms with E-state index in [1.54, 1.807) is 65.7 Å². The summed E-state index contributed by atoms with van der Waals surface area (Å²) in [6.45, 7) is 4.07. The number of benzene rings is 2. The van der Waals surface area contributed by atoms with E-state index in [2.05, 4.69) is 20.8 Å². The summed E-state index contributed by atoms with van der Waals surface area (Å²) < 4.78 is 17.0. The lowest BCUT2D eigenvalue weighted by Crippen LogP contribution is -2.22. The van der Waals surface area contributed by atoms with Crippen molar-refractivity contribution in [3.63, 3.8) is 0 Å². The lowest BCUT2D eigenvalue weighted by molar-refractivity contribution is 0.0949. The van der Waals surface area contributed by atoms with E-state index in [1.807, 2.05) is 13.8 Å². The van der Waals surface area contributed by atoms with Gasteiger partial charge < -0.3 is 10.6 Å². The van der Waals surface area contributed by atoms with Crippen molar-refractivity contribution < 1.29 is 14.0 Å². The number of halogens is 1. The van der Waals surface area contributed by atoms with Crippen molar-refractivity contribution in [3.8, 4) is 5.69 Å². The molecular formula is C24H23FN6O2. The van der Waals surface area contributed by atoms with E-state index in [9.17, 15) is 14.0 Å². The number of nitrogens with zero attached hydrogens (tertiary/aromatic N) is 4. The van der Waals surface area contributed by atoms with E-state index in [4.69, 9.17) is 0 Å². The van der Waals surface area contributed by atoms with Gasteiger partial charge in [0.2, 0.25) is 0 Å². The van der Waals surface area contributed by atoms with Crippen LogP contribution in [0.1, 0.15) is 46.2 Å². The van der Waals surface area contributed by atoms with Gasteiger partial charge in [-0.05, 0) is 38.1 Å². The maximum absolute atomic E-state index is 13.7. The van der Waals surface area contributed by atoms with Crippen molar-refractivity contribution in [2.75, 3.05) is 5.32 Å². The van der Waals surface area contributed by atoms with E-state index >= 15 is 0 Å².